The molecule has 0 radical (unpaired) electrons. The lowest BCUT2D eigenvalue weighted by Crippen LogP contribution is -2.45. The number of allylic oxidation sites excluding steroid dienone is 6. The van der Waals surface area contributed by atoms with Crippen molar-refractivity contribution in [2.75, 3.05) is 13.2 Å². The predicted molar refractivity (Wildman–Crippen MR) is 421 cm³/mol. The molecule has 95 heavy (non-hydrogen) atoms. The number of esters is 1. The third kappa shape index (κ3) is 80.9. The number of carbonyl (C=O) groups excluding carboxylic acids is 2. The summed E-state index contributed by atoms with van der Waals surface area (Å²) in [7, 11) is 0. The summed E-state index contributed by atoms with van der Waals surface area (Å²) in [5.74, 6) is -0.00980. The largest absolute Gasteiger partial charge is 0.466 e. The molecule has 0 saturated carbocycles. The Morgan fingerprint density at radius 3 is 0.811 bits per heavy atom. The molecule has 0 heterocycles. The topological polar surface area (TPSA) is 95.9 Å². The molecular formula is C89H171NO5. The maximum Gasteiger partial charge on any atom is 0.305 e. The van der Waals surface area contributed by atoms with Gasteiger partial charge in [-0.3, -0.25) is 9.59 Å². The second kappa shape index (κ2) is 84.5. The predicted octanol–water partition coefficient (Wildman–Crippen LogP) is 29.3. The van der Waals surface area contributed by atoms with Crippen molar-refractivity contribution in [3.8, 4) is 0 Å². The van der Waals surface area contributed by atoms with Crippen LogP contribution in [0.25, 0.3) is 0 Å². The Hall–Kier alpha value is -1.92. The first-order valence-electron chi connectivity index (χ1n) is 43.7. The fourth-order valence-corrected chi connectivity index (χ4v) is 14.0. The third-order valence-electron chi connectivity index (χ3n) is 20.7. The van der Waals surface area contributed by atoms with Crippen molar-refractivity contribution in [1.82, 2.24) is 5.32 Å². The number of aliphatic hydroxyl groups excluding tert-OH is 2. The normalized spacial score (nSPS) is 12.6. The molecule has 0 bridgehead atoms. The van der Waals surface area contributed by atoms with Crippen LogP contribution in [-0.2, 0) is 14.3 Å². The number of rotatable bonds is 83. The van der Waals surface area contributed by atoms with Crippen LogP contribution >= 0.6 is 0 Å². The average molecular weight is 1340 g/mol. The minimum atomic E-state index is -0.664. The van der Waals surface area contributed by atoms with Crippen molar-refractivity contribution >= 4 is 11.9 Å². The van der Waals surface area contributed by atoms with Gasteiger partial charge in [0.15, 0.2) is 0 Å². The Balaban J connectivity index is 3.36. The molecule has 6 nitrogen and oxygen atoms in total. The summed E-state index contributed by atoms with van der Waals surface area (Å²) in [6, 6.07) is -0.541. The van der Waals surface area contributed by atoms with Crippen molar-refractivity contribution in [2.24, 2.45) is 0 Å². The van der Waals surface area contributed by atoms with Crippen LogP contribution in [0.4, 0.5) is 0 Å². The van der Waals surface area contributed by atoms with Gasteiger partial charge < -0.3 is 20.3 Å². The molecule has 562 valence electrons. The van der Waals surface area contributed by atoms with E-state index >= 15 is 0 Å². The minimum Gasteiger partial charge on any atom is -0.466 e. The van der Waals surface area contributed by atoms with Crippen LogP contribution in [0.1, 0.15) is 495 Å². The number of ether oxygens (including phenoxy) is 1. The van der Waals surface area contributed by atoms with E-state index in [2.05, 4.69) is 55.6 Å². The molecule has 0 rings (SSSR count). The Labute approximate surface area is 595 Å². The highest BCUT2D eigenvalue weighted by atomic mass is 16.5. The van der Waals surface area contributed by atoms with Crippen molar-refractivity contribution in [2.45, 2.75) is 508 Å². The van der Waals surface area contributed by atoms with Gasteiger partial charge in [-0.05, 0) is 83.5 Å². The van der Waals surface area contributed by atoms with Gasteiger partial charge in [-0.25, -0.2) is 0 Å². The number of hydrogen-bond donors (Lipinski definition) is 3. The van der Waals surface area contributed by atoms with Crippen molar-refractivity contribution < 1.29 is 24.5 Å². The lowest BCUT2D eigenvalue weighted by atomic mass is 10.0. The maximum absolute atomic E-state index is 12.6. The smallest absolute Gasteiger partial charge is 0.305 e. The van der Waals surface area contributed by atoms with Crippen molar-refractivity contribution in [1.29, 1.82) is 0 Å². The number of hydrogen-bond acceptors (Lipinski definition) is 5. The molecule has 1 amide bonds. The Bertz CT molecular complexity index is 1540. The van der Waals surface area contributed by atoms with Crippen LogP contribution in [0.2, 0.25) is 0 Å². The molecule has 0 spiro atoms. The van der Waals surface area contributed by atoms with Gasteiger partial charge in [-0.15, -0.1) is 0 Å². The second-order valence-corrected chi connectivity index (χ2v) is 30.2. The zero-order chi connectivity index (χ0) is 68.4. The molecule has 0 aliphatic carbocycles. The lowest BCUT2D eigenvalue weighted by molar-refractivity contribution is -0.143. The molecule has 0 fully saturated rings. The highest BCUT2D eigenvalue weighted by Gasteiger charge is 2.20. The van der Waals surface area contributed by atoms with Gasteiger partial charge >= 0.3 is 5.97 Å². The summed E-state index contributed by atoms with van der Waals surface area (Å²) in [4.78, 5) is 24.7. The van der Waals surface area contributed by atoms with Gasteiger partial charge in [0.25, 0.3) is 0 Å². The van der Waals surface area contributed by atoms with Gasteiger partial charge in [-0.1, -0.05) is 436 Å². The van der Waals surface area contributed by atoms with E-state index in [1.807, 2.05) is 0 Å². The molecule has 3 N–H and O–H groups in total. The summed E-state index contributed by atoms with van der Waals surface area (Å²) in [5.41, 5.74) is 0. The summed E-state index contributed by atoms with van der Waals surface area (Å²) >= 11 is 0. The molecule has 0 aromatic heterocycles. The Morgan fingerprint density at radius 1 is 0.295 bits per heavy atom. The Kier molecular flexibility index (Phi) is 82.8. The highest BCUT2D eigenvalue weighted by molar-refractivity contribution is 5.76. The number of unbranched alkanes of at least 4 members (excludes halogenated alkanes) is 66. The van der Waals surface area contributed by atoms with Crippen molar-refractivity contribution in [3.05, 3.63) is 36.5 Å². The summed E-state index contributed by atoms with van der Waals surface area (Å²) in [5, 5.41) is 23.5. The van der Waals surface area contributed by atoms with E-state index in [1.165, 1.54) is 411 Å². The first-order chi connectivity index (χ1) is 47.0. The zero-order valence-corrected chi connectivity index (χ0v) is 64.7. The van der Waals surface area contributed by atoms with E-state index in [1.54, 1.807) is 0 Å². The van der Waals surface area contributed by atoms with E-state index in [0.29, 0.717) is 25.9 Å². The summed E-state index contributed by atoms with van der Waals surface area (Å²) in [6.45, 7) is 5.01. The second-order valence-electron chi connectivity index (χ2n) is 30.2. The van der Waals surface area contributed by atoms with Crippen LogP contribution in [-0.4, -0.2) is 47.4 Å². The van der Waals surface area contributed by atoms with E-state index < -0.39 is 12.1 Å². The first-order valence-corrected chi connectivity index (χ1v) is 43.7. The SMILES string of the molecule is CCCCCCCC/C=C\CCCCCCCCCC(=O)OCCCCCCCCCCCCCCC/C=C\C/C=C\CCCCCCCCCCCCCCCCCCCC(=O)NC(CO)C(O)CCCCCCCCCCCCCCCCCCCCCCCCCC. The highest BCUT2D eigenvalue weighted by Crippen LogP contribution is 2.21. The van der Waals surface area contributed by atoms with Crippen LogP contribution in [0, 0.1) is 0 Å². The van der Waals surface area contributed by atoms with E-state index in [-0.39, 0.29) is 18.5 Å². The number of carbonyl (C=O) groups is 2. The van der Waals surface area contributed by atoms with Crippen molar-refractivity contribution in [3.63, 3.8) is 0 Å². The zero-order valence-electron chi connectivity index (χ0n) is 64.7. The van der Waals surface area contributed by atoms with Crippen LogP contribution in [0.3, 0.4) is 0 Å². The number of aliphatic hydroxyl groups is 2. The maximum atomic E-state index is 12.6. The van der Waals surface area contributed by atoms with Gasteiger partial charge in [0.1, 0.15) is 0 Å². The number of amides is 1. The summed E-state index contributed by atoms with van der Waals surface area (Å²) < 4.78 is 5.51. The van der Waals surface area contributed by atoms with E-state index in [0.717, 1.165) is 51.4 Å². The van der Waals surface area contributed by atoms with Crippen LogP contribution in [0.15, 0.2) is 36.5 Å². The monoisotopic (exact) mass is 1330 g/mol. The lowest BCUT2D eigenvalue weighted by Gasteiger charge is -2.22. The fourth-order valence-electron chi connectivity index (χ4n) is 14.0. The van der Waals surface area contributed by atoms with Gasteiger partial charge in [0, 0.05) is 12.8 Å². The standard InChI is InChI=1S/C89H171NO5/c1-3-5-7-9-11-13-15-17-19-21-22-23-24-40-43-46-50-53-57-61-65-69-73-77-81-87(92)86(85-91)90-88(93)82-78-74-70-66-62-58-54-51-47-44-41-38-36-34-32-30-28-26-25-27-29-31-33-35-37-39-42-45-48-52-56-60-64-68-72-76-80-84-95-89(94)83-79-75-71-67-63-59-55-49-20-18-16-14-12-10-8-6-4-2/h18,20,25,27,31,33,86-87,91-92H,3-17,19,21-24,26,28-30,32,34-85H2,1-2H3,(H,90,93)/b20-18-,27-25-,33-31-. The first kappa shape index (κ1) is 93.1. The summed E-state index contributed by atoms with van der Waals surface area (Å²) in [6.07, 6.45) is 111. The molecule has 0 aromatic carbocycles. The molecule has 0 saturated heterocycles. The third-order valence-corrected chi connectivity index (χ3v) is 20.7. The quantitative estimate of drug-likeness (QED) is 0.0320. The van der Waals surface area contributed by atoms with Gasteiger partial charge in [0.05, 0.1) is 25.4 Å². The number of nitrogens with one attached hydrogen (secondary N) is 1. The molecule has 2 unspecified atom stereocenters. The van der Waals surface area contributed by atoms with Crippen LogP contribution < -0.4 is 5.32 Å². The fraction of sp³-hybridized carbons (Fsp3) is 0.910. The molecule has 6 heteroatoms. The van der Waals surface area contributed by atoms with E-state index in [9.17, 15) is 19.8 Å². The van der Waals surface area contributed by atoms with E-state index in [4.69, 9.17) is 4.74 Å². The Morgan fingerprint density at radius 2 is 0.526 bits per heavy atom. The molecule has 0 aliphatic rings. The average Bonchev–Trinajstić information content (AvgIpc) is 2.97. The van der Waals surface area contributed by atoms with Crippen LogP contribution in [0.5, 0.6) is 0 Å². The minimum absolute atomic E-state index is 0.0164. The molecular weight excluding hydrogens is 1160 g/mol. The molecule has 0 aromatic rings. The van der Waals surface area contributed by atoms with Gasteiger partial charge in [-0.2, -0.15) is 0 Å². The molecule has 2 atom stereocenters. The van der Waals surface area contributed by atoms with Gasteiger partial charge in [0.2, 0.25) is 5.91 Å². The molecule has 0 aliphatic heterocycles.